The third-order valence-electron chi connectivity index (χ3n) is 3.38. The van der Waals surface area contributed by atoms with Gasteiger partial charge >= 0.3 is 0 Å². The Morgan fingerprint density at radius 2 is 1.90 bits per heavy atom. The Morgan fingerprint density at radius 3 is 2.55 bits per heavy atom. The average molecular weight is 277 g/mol. The van der Waals surface area contributed by atoms with Gasteiger partial charge in [-0.05, 0) is 30.7 Å². The summed E-state index contributed by atoms with van der Waals surface area (Å²) in [7, 11) is 0. The number of halogens is 2. The number of hydrogen-bond acceptors (Lipinski definition) is 2. The predicted molar refractivity (Wildman–Crippen MR) is 74.3 cm³/mol. The standard InChI is InChI=1S/C16H17F2NO/c1-10-3-2-4-11(7-10)14(9-19)16(20)13-8-12(17)5-6-15(13)18/h2-8,14,16,20H,9,19H2,1H3. The fourth-order valence-corrected chi connectivity index (χ4v) is 2.31. The summed E-state index contributed by atoms with van der Waals surface area (Å²) in [5.74, 6) is -1.70. The Hall–Kier alpha value is -1.78. The lowest BCUT2D eigenvalue weighted by Gasteiger charge is -2.23. The van der Waals surface area contributed by atoms with E-state index >= 15 is 0 Å². The molecule has 0 saturated carbocycles. The summed E-state index contributed by atoms with van der Waals surface area (Å²) in [6, 6.07) is 10.5. The zero-order valence-electron chi connectivity index (χ0n) is 11.2. The van der Waals surface area contributed by atoms with E-state index in [0.717, 1.165) is 29.3 Å². The molecule has 0 amide bonds. The van der Waals surface area contributed by atoms with Crippen molar-refractivity contribution < 1.29 is 13.9 Å². The number of nitrogens with two attached hydrogens (primary N) is 1. The second-order valence-electron chi connectivity index (χ2n) is 4.87. The summed E-state index contributed by atoms with van der Waals surface area (Å²) in [6.45, 7) is 2.06. The van der Waals surface area contributed by atoms with E-state index < -0.39 is 23.7 Å². The van der Waals surface area contributed by atoms with Crippen LogP contribution in [-0.4, -0.2) is 11.7 Å². The third-order valence-corrected chi connectivity index (χ3v) is 3.38. The van der Waals surface area contributed by atoms with Gasteiger partial charge < -0.3 is 10.8 Å². The van der Waals surface area contributed by atoms with Crippen LogP contribution in [0.1, 0.15) is 28.7 Å². The van der Waals surface area contributed by atoms with Gasteiger partial charge in [-0.25, -0.2) is 8.78 Å². The maximum atomic E-state index is 13.7. The lowest BCUT2D eigenvalue weighted by Crippen LogP contribution is -2.21. The molecule has 20 heavy (non-hydrogen) atoms. The first-order chi connectivity index (χ1) is 9.52. The highest BCUT2D eigenvalue weighted by Crippen LogP contribution is 2.32. The van der Waals surface area contributed by atoms with Crippen molar-refractivity contribution in [1.29, 1.82) is 0 Å². The Morgan fingerprint density at radius 1 is 1.15 bits per heavy atom. The molecule has 3 N–H and O–H groups in total. The van der Waals surface area contributed by atoms with Crippen molar-refractivity contribution in [2.75, 3.05) is 6.54 Å². The van der Waals surface area contributed by atoms with Crippen molar-refractivity contribution in [3.8, 4) is 0 Å². The molecule has 0 saturated heterocycles. The summed E-state index contributed by atoms with van der Waals surface area (Å²) < 4.78 is 27.0. The molecule has 2 rings (SSSR count). The van der Waals surface area contributed by atoms with Crippen LogP contribution < -0.4 is 5.73 Å². The van der Waals surface area contributed by atoms with Crippen LogP contribution in [0.3, 0.4) is 0 Å². The fraction of sp³-hybridized carbons (Fsp3) is 0.250. The molecule has 0 aliphatic carbocycles. The first kappa shape index (κ1) is 14.6. The van der Waals surface area contributed by atoms with Crippen molar-refractivity contribution in [2.24, 2.45) is 5.73 Å². The molecule has 2 atom stereocenters. The molecule has 2 nitrogen and oxygen atoms in total. The number of aliphatic hydroxyl groups is 1. The van der Waals surface area contributed by atoms with Crippen LogP contribution in [0.5, 0.6) is 0 Å². The minimum absolute atomic E-state index is 0.0676. The maximum absolute atomic E-state index is 13.7. The van der Waals surface area contributed by atoms with Crippen LogP contribution in [0, 0.1) is 18.6 Å². The van der Waals surface area contributed by atoms with Gasteiger partial charge in [-0.1, -0.05) is 29.8 Å². The van der Waals surface area contributed by atoms with Gasteiger partial charge in [-0.3, -0.25) is 0 Å². The Balaban J connectivity index is 2.38. The van der Waals surface area contributed by atoms with Gasteiger partial charge in [0, 0.05) is 18.0 Å². The van der Waals surface area contributed by atoms with Gasteiger partial charge in [0.25, 0.3) is 0 Å². The highest BCUT2D eigenvalue weighted by molar-refractivity contribution is 5.31. The van der Waals surface area contributed by atoms with Crippen LogP contribution >= 0.6 is 0 Å². The van der Waals surface area contributed by atoms with Gasteiger partial charge in [0.05, 0.1) is 6.10 Å². The zero-order valence-corrected chi connectivity index (χ0v) is 11.2. The summed E-state index contributed by atoms with van der Waals surface area (Å²) in [5.41, 5.74) is 7.47. The quantitative estimate of drug-likeness (QED) is 0.902. The van der Waals surface area contributed by atoms with Gasteiger partial charge in [0.2, 0.25) is 0 Å². The van der Waals surface area contributed by atoms with E-state index in [-0.39, 0.29) is 12.1 Å². The molecule has 106 valence electrons. The van der Waals surface area contributed by atoms with Crippen molar-refractivity contribution in [3.63, 3.8) is 0 Å². The molecule has 2 unspecified atom stereocenters. The van der Waals surface area contributed by atoms with Crippen molar-refractivity contribution in [1.82, 2.24) is 0 Å². The number of aliphatic hydroxyl groups excluding tert-OH is 1. The molecule has 2 aromatic carbocycles. The highest BCUT2D eigenvalue weighted by Gasteiger charge is 2.24. The first-order valence-electron chi connectivity index (χ1n) is 6.42. The van der Waals surface area contributed by atoms with Gasteiger partial charge in [0.15, 0.2) is 0 Å². The molecule has 0 bridgehead atoms. The smallest absolute Gasteiger partial charge is 0.129 e. The van der Waals surface area contributed by atoms with Gasteiger partial charge in [-0.2, -0.15) is 0 Å². The molecule has 0 fully saturated rings. The molecule has 0 radical (unpaired) electrons. The monoisotopic (exact) mass is 277 g/mol. The molecule has 0 aromatic heterocycles. The third kappa shape index (κ3) is 3.03. The number of aryl methyl sites for hydroxylation is 1. The summed E-state index contributed by atoms with van der Waals surface area (Å²) in [5, 5.41) is 10.3. The van der Waals surface area contributed by atoms with E-state index in [0.29, 0.717) is 0 Å². The minimum atomic E-state index is -1.18. The largest absolute Gasteiger partial charge is 0.388 e. The van der Waals surface area contributed by atoms with Gasteiger partial charge in [0.1, 0.15) is 11.6 Å². The molecule has 0 aliphatic rings. The molecular weight excluding hydrogens is 260 g/mol. The van der Waals surface area contributed by atoms with Crippen molar-refractivity contribution >= 4 is 0 Å². The van der Waals surface area contributed by atoms with Crippen LogP contribution in [0.4, 0.5) is 8.78 Å². The van der Waals surface area contributed by atoms with Crippen molar-refractivity contribution in [2.45, 2.75) is 18.9 Å². The Kier molecular flexibility index (Phi) is 4.47. The Bertz CT molecular complexity index is 601. The van der Waals surface area contributed by atoms with E-state index in [1.165, 1.54) is 0 Å². The van der Waals surface area contributed by atoms with Crippen molar-refractivity contribution in [3.05, 3.63) is 70.8 Å². The summed E-state index contributed by atoms with van der Waals surface area (Å²) in [4.78, 5) is 0. The summed E-state index contributed by atoms with van der Waals surface area (Å²) in [6.07, 6.45) is -1.18. The summed E-state index contributed by atoms with van der Waals surface area (Å²) >= 11 is 0. The topological polar surface area (TPSA) is 46.2 Å². The normalized spacial score (nSPS) is 14.1. The first-order valence-corrected chi connectivity index (χ1v) is 6.42. The number of hydrogen-bond donors (Lipinski definition) is 2. The lowest BCUT2D eigenvalue weighted by molar-refractivity contribution is 0.142. The fourth-order valence-electron chi connectivity index (χ4n) is 2.31. The molecule has 4 heteroatoms. The molecule has 0 spiro atoms. The van der Waals surface area contributed by atoms with E-state index in [1.54, 1.807) is 0 Å². The number of rotatable bonds is 4. The Labute approximate surface area is 116 Å². The molecule has 2 aromatic rings. The second kappa shape index (κ2) is 6.11. The molecule has 0 heterocycles. The predicted octanol–water partition coefficient (Wildman–Crippen LogP) is 3.05. The van der Waals surface area contributed by atoms with Crippen LogP contribution in [0.25, 0.3) is 0 Å². The maximum Gasteiger partial charge on any atom is 0.129 e. The van der Waals surface area contributed by atoms with E-state index in [9.17, 15) is 13.9 Å². The second-order valence-corrected chi connectivity index (χ2v) is 4.87. The van der Waals surface area contributed by atoms with E-state index in [4.69, 9.17) is 5.73 Å². The molecular formula is C16H17F2NO. The lowest BCUT2D eigenvalue weighted by atomic mass is 9.88. The number of benzene rings is 2. The SMILES string of the molecule is Cc1cccc(C(CN)C(O)c2cc(F)ccc2F)c1. The van der Waals surface area contributed by atoms with E-state index in [2.05, 4.69) is 0 Å². The average Bonchev–Trinajstić information content (AvgIpc) is 2.42. The van der Waals surface area contributed by atoms with Crippen LogP contribution in [0.2, 0.25) is 0 Å². The van der Waals surface area contributed by atoms with Gasteiger partial charge in [-0.15, -0.1) is 0 Å². The molecule has 0 aliphatic heterocycles. The zero-order chi connectivity index (χ0) is 14.7. The minimum Gasteiger partial charge on any atom is -0.388 e. The highest BCUT2D eigenvalue weighted by atomic mass is 19.1. The van der Waals surface area contributed by atoms with Crippen LogP contribution in [-0.2, 0) is 0 Å². The van der Waals surface area contributed by atoms with E-state index in [1.807, 2.05) is 31.2 Å². The van der Waals surface area contributed by atoms with Crippen LogP contribution in [0.15, 0.2) is 42.5 Å².